The van der Waals surface area contributed by atoms with Crippen LogP contribution in [0.4, 0.5) is 5.82 Å². The van der Waals surface area contributed by atoms with Crippen molar-refractivity contribution in [3.63, 3.8) is 0 Å². The van der Waals surface area contributed by atoms with Crippen LogP contribution in [0.15, 0.2) is 11.1 Å². The van der Waals surface area contributed by atoms with Crippen LogP contribution in [-0.4, -0.2) is 46.8 Å². The monoisotopic (exact) mass is 318 g/mol. The first kappa shape index (κ1) is 17.9. The molecule has 1 rings (SSSR count). The van der Waals surface area contributed by atoms with E-state index < -0.39 is 10.0 Å². The second-order valence-corrected chi connectivity index (χ2v) is 6.81. The molecule has 0 aliphatic rings. The fourth-order valence-corrected chi connectivity index (χ4v) is 4.21. The number of nitrogens with zero attached hydrogens (tertiary/aromatic N) is 3. The Balaban J connectivity index is 3.22. The van der Waals surface area contributed by atoms with Gasteiger partial charge < -0.3 is 10.8 Å². The number of aliphatic hydroxyl groups is 1. The Bertz CT molecular complexity index is 538. The summed E-state index contributed by atoms with van der Waals surface area (Å²) in [7, 11) is -3.75. The van der Waals surface area contributed by atoms with Gasteiger partial charge in [0, 0.05) is 25.3 Å². The summed E-state index contributed by atoms with van der Waals surface area (Å²) in [6.45, 7) is 6.29. The van der Waals surface area contributed by atoms with Gasteiger partial charge in [0.15, 0.2) is 5.82 Å². The van der Waals surface area contributed by atoms with E-state index in [-0.39, 0.29) is 29.9 Å². The molecule has 1 aromatic heterocycles. The van der Waals surface area contributed by atoms with Crippen molar-refractivity contribution in [1.82, 2.24) is 14.1 Å². The number of aromatic nitrogens is 2. The van der Waals surface area contributed by atoms with Crippen LogP contribution in [0.2, 0.25) is 0 Å². The summed E-state index contributed by atoms with van der Waals surface area (Å²) < 4.78 is 28.5. The number of hydrogen-bond donors (Lipinski definition) is 2. The molecule has 1 heterocycles. The van der Waals surface area contributed by atoms with E-state index in [1.165, 1.54) is 10.5 Å². The third-order valence-corrected chi connectivity index (χ3v) is 5.43. The van der Waals surface area contributed by atoms with Crippen LogP contribution in [0.3, 0.4) is 0 Å². The van der Waals surface area contributed by atoms with E-state index in [4.69, 9.17) is 5.73 Å². The number of nitrogen functional groups attached to an aromatic ring is 1. The van der Waals surface area contributed by atoms with Crippen molar-refractivity contribution in [2.45, 2.75) is 57.5 Å². The Labute approximate surface area is 126 Å². The fraction of sp³-hybridized carbons (Fsp3) is 0.769. The lowest BCUT2D eigenvalue weighted by atomic mass is 10.2. The predicted molar refractivity (Wildman–Crippen MR) is 82.3 cm³/mol. The summed E-state index contributed by atoms with van der Waals surface area (Å²) in [6.07, 6.45) is 3.67. The summed E-state index contributed by atoms with van der Waals surface area (Å²) in [4.78, 5) is 0.0244. The molecule has 0 fully saturated rings. The zero-order chi connectivity index (χ0) is 16.0. The third kappa shape index (κ3) is 3.96. The van der Waals surface area contributed by atoms with Gasteiger partial charge in [0.2, 0.25) is 10.0 Å². The van der Waals surface area contributed by atoms with Crippen molar-refractivity contribution >= 4 is 15.8 Å². The molecule has 0 amide bonds. The number of sulfonamides is 1. The van der Waals surface area contributed by atoms with E-state index in [1.54, 1.807) is 4.68 Å². The maximum Gasteiger partial charge on any atom is 0.248 e. The predicted octanol–water partition coefficient (Wildman–Crippen LogP) is 1.05. The maximum absolute atomic E-state index is 12.8. The number of hydrogen-bond acceptors (Lipinski definition) is 5. The minimum absolute atomic E-state index is 0.0114. The molecule has 7 nitrogen and oxygen atoms in total. The van der Waals surface area contributed by atoms with Crippen LogP contribution < -0.4 is 5.73 Å². The minimum Gasteiger partial charge on any atom is -0.395 e. The van der Waals surface area contributed by atoms with E-state index in [0.29, 0.717) is 19.4 Å². The highest BCUT2D eigenvalue weighted by molar-refractivity contribution is 7.89. The lowest BCUT2D eigenvalue weighted by Crippen LogP contribution is -2.41. The highest BCUT2D eigenvalue weighted by Crippen LogP contribution is 2.25. The number of aliphatic hydroxyl groups excluding tert-OH is 1. The molecule has 0 aromatic carbocycles. The van der Waals surface area contributed by atoms with Crippen molar-refractivity contribution in [2.24, 2.45) is 0 Å². The molecule has 0 radical (unpaired) electrons. The largest absolute Gasteiger partial charge is 0.395 e. The third-order valence-electron chi connectivity index (χ3n) is 3.46. The molecule has 122 valence electrons. The fourth-order valence-electron chi connectivity index (χ4n) is 2.38. The molecule has 0 unspecified atom stereocenters. The molecule has 0 spiro atoms. The highest BCUT2D eigenvalue weighted by Gasteiger charge is 2.32. The van der Waals surface area contributed by atoms with Gasteiger partial charge in [-0.05, 0) is 19.3 Å². The van der Waals surface area contributed by atoms with Gasteiger partial charge in [-0.15, -0.1) is 0 Å². The molecule has 0 aliphatic heterocycles. The first-order chi connectivity index (χ1) is 9.92. The molecule has 0 saturated heterocycles. The van der Waals surface area contributed by atoms with Crippen LogP contribution in [-0.2, 0) is 16.6 Å². The topological polar surface area (TPSA) is 101 Å². The van der Waals surface area contributed by atoms with Crippen molar-refractivity contribution in [3.05, 3.63) is 6.20 Å². The number of nitrogens with two attached hydrogens (primary N) is 1. The first-order valence-corrected chi connectivity index (χ1v) is 8.81. The summed E-state index contributed by atoms with van der Waals surface area (Å²) in [5.74, 6) is 0.0114. The van der Waals surface area contributed by atoms with E-state index in [0.717, 1.165) is 6.42 Å². The van der Waals surface area contributed by atoms with Crippen LogP contribution in [0.5, 0.6) is 0 Å². The molecular weight excluding hydrogens is 292 g/mol. The zero-order valence-corrected chi connectivity index (χ0v) is 13.8. The van der Waals surface area contributed by atoms with Crippen LogP contribution in [0, 0.1) is 0 Å². The first-order valence-electron chi connectivity index (χ1n) is 7.37. The normalized spacial score (nSPS) is 12.5. The van der Waals surface area contributed by atoms with Crippen molar-refractivity contribution in [2.75, 3.05) is 18.9 Å². The summed E-state index contributed by atoms with van der Waals surface area (Å²) in [5.41, 5.74) is 5.77. The lowest BCUT2D eigenvalue weighted by molar-refractivity contribution is 0.219. The maximum atomic E-state index is 12.8. The smallest absolute Gasteiger partial charge is 0.248 e. The lowest BCUT2D eigenvalue weighted by Gasteiger charge is -2.28. The van der Waals surface area contributed by atoms with E-state index in [1.807, 2.05) is 20.8 Å². The van der Waals surface area contributed by atoms with Crippen LogP contribution in [0.1, 0.15) is 40.0 Å². The zero-order valence-electron chi connectivity index (χ0n) is 13.0. The molecule has 0 aliphatic carbocycles. The SMILES string of the molecule is CCCn1cc(S(=O)(=O)N(CCO)C(CC)CC)c(N)n1. The van der Waals surface area contributed by atoms with Gasteiger partial charge in [0.25, 0.3) is 0 Å². The van der Waals surface area contributed by atoms with Gasteiger partial charge in [-0.25, -0.2) is 8.42 Å². The Hall–Kier alpha value is -1.12. The van der Waals surface area contributed by atoms with Crippen LogP contribution in [0.25, 0.3) is 0 Å². The van der Waals surface area contributed by atoms with E-state index in [2.05, 4.69) is 5.10 Å². The molecule has 0 atom stereocenters. The number of aryl methyl sites for hydroxylation is 1. The Morgan fingerprint density at radius 3 is 2.48 bits per heavy atom. The average Bonchev–Trinajstić information content (AvgIpc) is 2.81. The number of rotatable bonds is 9. The summed E-state index contributed by atoms with van der Waals surface area (Å²) in [6, 6.07) is -0.156. The standard InChI is InChI=1S/C13H26N4O3S/c1-4-7-16-10-12(13(14)15-16)21(19,20)17(8-9-18)11(5-2)6-3/h10-11,18H,4-9H2,1-3H3,(H2,14,15). The van der Waals surface area contributed by atoms with Crippen molar-refractivity contribution in [3.8, 4) is 0 Å². The Morgan fingerprint density at radius 1 is 1.38 bits per heavy atom. The Morgan fingerprint density at radius 2 is 2.00 bits per heavy atom. The molecule has 1 aromatic rings. The molecule has 21 heavy (non-hydrogen) atoms. The average molecular weight is 318 g/mol. The molecule has 0 saturated carbocycles. The summed E-state index contributed by atoms with van der Waals surface area (Å²) >= 11 is 0. The van der Waals surface area contributed by atoms with Gasteiger partial charge in [0.1, 0.15) is 4.90 Å². The highest BCUT2D eigenvalue weighted by atomic mass is 32.2. The van der Waals surface area contributed by atoms with Gasteiger partial charge in [0.05, 0.1) is 6.61 Å². The van der Waals surface area contributed by atoms with Gasteiger partial charge >= 0.3 is 0 Å². The second kappa shape index (κ2) is 7.77. The van der Waals surface area contributed by atoms with Crippen molar-refractivity contribution < 1.29 is 13.5 Å². The van der Waals surface area contributed by atoms with Crippen molar-refractivity contribution in [1.29, 1.82) is 0 Å². The number of anilines is 1. The van der Waals surface area contributed by atoms with Gasteiger partial charge in [-0.1, -0.05) is 20.8 Å². The Kier molecular flexibility index (Phi) is 6.63. The molecule has 0 bridgehead atoms. The molecule has 8 heteroatoms. The minimum atomic E-state index is -3.75. The van der Waals surface area contributed by atoms with E-state index in [9.17, 15) is 13.5 Å². The van der Waals surface area contributed by atoms with Gasteiger partial charge in [-0.2, -0.15) is 9.40 Å². The van der Waals surface area contributed by atoms with E-state index >= 15 is 0 Å². The van der Waals surface area contributed by atoms with Crippen LogP contribution >= 0.6 is 0 Å². The molecular formula is C13H26N4O3S. The molecule has 3 N–H and O–H groups in total. The second-order valence-electron chi connectivity index (χ2n) is 4.95. The quantitative estimate of drug-likeness (QED) is 0.708. The summed E-state index contributed by atoms with van der Waals surface area (Å²) in [5, 5.41) is 13.2. The van der Waals surface area contributed by atoms with Gasteiger partial charge in [-0.3, -0.25) is 4.68 Å².